The van der Waals surface area contributed by atoms with Gasteiger partial charge in [0.2, 0.25) is 5.91 Å². The summed E-state index contributed by atoms with van der Waals surface area (Å²) in [5, 5.41) is 14.6. The molecule has 2 N–H and O–H groups in total. The highest BCUT2D eigenvalue weighted by Gasteiger charge is 2.26. The van der Waals surface area contributed by atoms with Gasteiger partial charge in [-0.1, -0.05) is 54.2 Å². The summed E-state index contributed by atoms with van der Waals surface area (Å²) in [7, 11) is 0. The smallest absolute Gasteiger partial charge is 0.321 e. The van der Waals surface area contributed by atoms with Crippen molar-refractivity contribution in [3.63, 3.8) is 0 Å². The van der Waals surface area contributed by atoms with Crippen LogP contribution in [0.25, 0.3) is 5.69 Å². The van der Waals surface area contributed by atoms with E-state index in [0.717, 1.165) is 22.2 Å². The molecule has 0 bridgehead atoms. The molecule has 1 unspecified atom stereocenters. The number of hydrogen-bond donors (Lipinski definition) is 2. The summed E-state index contributed by atoms with van der Waals surface area (Å²) in [5.41, 5.74) is 3.30. The number of rotatable bonds is 6. The summed E-state index contributed by atoms with van der Waals surface area (Å²) in [6.45, 7) is 2.04. The fraction of sp³-hybridized carbons (Fsp3) is 0.238. The van der Waals surface area contributed by atoms with E-state index in [1.54, 1.807) is 11.8 Å². The lowest BCUT2D eigenvalue weighted by molar-refractivity contribution is -0.121. The maximum Gasteiger partial charge on any atom is 0.321 e. The average molecular weight is 407 g/mol. The standard InChI is InChI=1S/C21H21N5O2S/c1-14-6-5-9-17(10-14)26-18(11-16-12-19(27)23-20(28)22-16)24-25-21(26)29-13-15-7-3-2-4-8-15/h2-10,16H,11-13H2,1H3,(H2,22,23,27,28). The zero-order valence-electron chi connectivity index (χ0n) is 16.0. The highest BCUT2D eigenvalue weighted by Crippen LogP contribution is 2.26. The van der Waals surface area contributed by atoms with Crippen molar-refractivity contribution in [2.45, 2.75) is 36.7 Å². The molecule has 1 aliphatic heterocycles. The third-order valence-corrected chi connectivity index (χ3v) is 5.62. The minimum atomic E-state index is -0.466. The van der Waals surface area contributed by atoms with Crippen molar-refractivity contribution in [1.29, 1.82) is 0 Å². The van der Waals surface area contributed by atoms with Gasteiger partial charge in [0.25, 0.3) is 0 Å². The number of imide groups is 1. The molecule has 8 heteroatoms. The first-order chi connectivity index (χ1) is 14.1. The van der Waals surface area contributed by atoms with E-state index >= 15 is 0 Å². The molecule has 2 heterocycles. The number of aryl methyl sites for hydroxylation is 1. The second-order valence-corrected chi connectivity index (χ2v) is 7.92. The number of hydrogen-bond acceptors (Lipinski definition) is 5. The van der Waals surface area contributed by atoms with Crippen molar-refractivity contribution in [2.24, 2.45) is 0 Å². The first kappa shape index (κ1) is 19.2. The fourth-order valence-corrected chi connectivity index (χ4v) is 4.22. The molecule has 0 radical (unpaired) electrons. The van der Waals surface area contributed by atoms with Crippen molar-refractivity contribution in [3.8, 4) is 5.69 Å². The molecule has 1 aromatic heterocycles. The minimum absolute atomic E-state index is 0.221. The molecule has 1 fully saturated rings. The second-order valence-electron chi connectivity index (χ2n) is 6.97. The van der Waals surface area contributed by atoms with Gasteiger partial charge in [0.15, 0.2) is 5.16 Å². The molecule has 1 aliphatic rings. The lowest BCUT2D eigenvalue weighted by Crippen LogP contribution is -2.53. The van der Waals surface area contributed by atoms with Crippen LogP contribution in [0.3, 0.4) is 0 Å². The van der Waals surface area contributed by atoms with E-state index in [-0.39, 0.29) is 18.4 Å². The summed E-state index contributed by atoms with van der Waals surface area (Å²) in [6.07, 6.45) is 0.644. The predicted octanol–water partition coefficient (Wildman–Crippen LogP) is 3.01. The van der Waals surface area contributed by atoms with E-state index < -0.39 is 6.03 Å². The van der Waals surface area contributed by atoms with E-state index in [0.29, 0.717) is 12.2 Å². The van der Waals surface area contributed by atoms with Gasteiger partial charge in [-0.25, -0.2) is 4.79 Å². The molecule has 148 valence electrons. The third kappa shape index (κ3) is 4.65. The van der Waals surface area contributed by atoms with Crippen molar-refractivity contribution in [3.05, 3.63) is 71.5 Å². The van der Waals surface area contributed by atoms with Crippen molar-refractivity contribution >= 4 is 23.7 Å². The Balaban J connectivity index is 1.63. The molecule has 1 saturated heterocycles. The minimum Gasteiger partial charge on any atom is -0.334 e. The van der Waals surface area contributed by atoms with Crippen molar-refractivity contribution in [1.82, 2.24) is 25.4 Å². The van der Waals surface area contributed by atoms with Crippen LogP contribution in [0.4, 0.5) is 4.79 Å². The summed E-state index contributed by atoms with van der Waals surface area (Å²) < 4.78 is 2.01. The van der Waals surface area contributed by atoms with Crippen LogP contribution in [-0.2, 0) is 17.0 Å². The van der Waals surface area contributed by atoms with Crippen LogP contribution < -0.4 is 10.6 Å². The van der Waals surface area contributed by atoms with Gasteiger partial charge in [-0.05, 0) is 30.2 Å². The van der Waals surface area contributed by atoms with E-state index in [2.05, 4.69) is 39.0 Å². The summed E-state index contributed by atoms with van der Waals surface area (Å²) >= 11 is 1.61. The summed E-state index contributed by atoms with van der Waals surface area (Å²) in [4.78, 5) is 23.4. The molecule has 0 aliphatic carbocycles. The Kier molecular flexibility index (Phi) is 5.62. The Morgan fingerprint density at radius 2 is 1.93 bits per heavy atom. The van der Waals surface area contributed by atoms with E-state index in [1.807, 2.05) is 47.9 Å². The van der Waals surface area contributed by atoms with Crippen LogP contribution in [0.1, 0.15) is 23.4 Å². The first-order valence-electron chi connectivity index (χ1n) is 9.37. The number of nitrogens with zero attached hydrogens (tertiary/aromatic N) is 3. The van der Waals surface area contributed by atoms with Crippen LogP contribution in [-0.4, -0.2) is 32.7 Å². The zero-order valence-corrected chi connectivity index (χ0v) is 16.8. The van der Waals surface area contributed by atoms with Crippen LogP contribution in [0.2, 0.25) is 0 Å². The quantitative estimate of drug-likeness (QED) is 0.613. The number of aromatic nitrogens is 3. The fourth-order valence-electron chi connectivity index (χ4n) is 3.29. The number of thioether (sulfide) groups is 1. The van der Waals surface area contributed by atoms with Crippen molar-refractivity contribution < 1.29 is 9.59 Å². The predicted molar refractivity (Wildman–Crippen MR) is 111 cm³/mol. The van der Waals surface area contributed by atoms with Gasteiger partial charge in [0, 0.05) is 30.3 Å². The molecular formula is C21H21N5O2S. The monoisotopic (exact) mass is 407 g/mol. The number of carbonyl (C=O) groups excluding carboxylic acids is 2. The lowest BCUT2D eigenvalue weighted by atomic mass is 10.1. The van der Waals surface area contributed by atoms with Crippen LogP contribution in [0.5, 0.6) is 0 Å². The normalized spacial score (nSPS) is 16.4. The van der Waals surface area contributed by atoms with E-state index in [1.165, 1.54) is 5.56 Å². The van der Waals surface area contributed by atoms with Gasteiger partial charge in [0.1, 0.15) is 5.82 Å². The molecule has 0 saturated carbocycles. The Hall–Kier alpha value is -3.13. The van der Waals surface area contributed by atoms with Crippen molar-refractivity contribution in [2.75, 3.05) is 0 Å². The highest BCUT2D eigenvalue weighted by atomic mass is 32.2. The number of carbonyl (C=O) groups is 2. The summed E-state index contributed by atoms with van der Waals surface area (Å²) in [5.74, 6) is 1.21. The third-order valence-electron chi connectivity index (χ3n) is 4.62. The molecule has 7 nitrogen and oxygen atoms in total. The van der Waals surface area contributed by atoms with Gasteiger partial charge in [-0.2, -0.15) is 0 Å². The molecule has 3 aromatic rings. The Labute approximate surface area is 172 Å². The van der Waals surface area contributed by atoms with E-state index in [4.69, 9.17) is 0 Å². The zero-order chi connectivity index (χ0) is 20.2. The van der Waals surface area contributed by atoms with Gasteiger partial charge >= 0.3 is 6.03 Å². The summed E-state index contributed by atoms with van der Waals surface area (Å²) in [6, 6.07) is 17.5. The molecular weight excluding hydrogens is 386 g/mol. The molecule has 2 aromatic carbocycles. The van der Waals surface area contributed by atoms with Gasteiger partial charge in [0.05, 0.1) is 0 Å². The lowest BCUT2D eigenvalue weighted by Gasteiger charge is -2.23. The maximum atomic E-state index is 11.7. The average Bonchev–Trinajstić information content (AvgIpc) is 3.09. The largest absolute Gasteiger partial charge is 0.334 e. The molecule has 3 amide bonds. The SMILES string of the molecule is Cc1cccc(-n2c(CC3CC(=O)NC(=O)N3)nnc2SCc2ccccc2)c1. The first-order valence-corrected chi connectivity index (χ1v) is 10.4. The van der Waals surface area contributed by atoms with Gasteiger partial charge in [-0.3, -0.25) is 14.7 Å². The maximum absolute atomic E-state index is 11.7. The Bertz CT molecular complexity index is 1020. The number of benzene rings is 2. The van der Waals surface area contributed by atoms with Crippen LogP contribution in [0, 0.1) is 6.92 Å². The molecule has 4 rings (SSSR count). The van der Waals surface area contributed by atoms with Crippen LogP contribution >= 0.6 is 11.8 Å². The second kappa shape index (κ2) is 8.48. The molecule has 0 spiro atoms. The Morgan fingerprint density at radius 3 is 2.69 bits per heavy atom. The number of nitrogens with one attached hydrogen (secondary N) is 2. The number of urea groups is 1. The van der Waals surface area contributed by atoms with Crippen LogP contribution in [0.15, 0.2) is 59.8 Å². The molecule has 1 atom stereocenters. The Morgan fingerprint density at radius 1 is 1.10 bits per heavy atom. The van der Waals surface area contributed by atoms with E-state index in [9.17, 15) is 9.59 Å². The van der Waals surface area contributed by atoms with Gasteiger partial charge in [-0.15, -0.1) is 10.2 Å². The molecule has 29 heavy (non-hydrogen) atoms. The number of amides is 3. The highest BCUT2D eigenvalue weighted by molar-refractivity contribution is 7.98. The topological polar surface area (TPSA) is 88.9 Å². The van der Waals surface area contributed by atoms with Gasteiger partial charge < -0.3 is 5.32 Å².